The van der Waals surface area contributed by atoms with E-state index in [1.165, 1.54) is 58.2 Å². The van der Waals surface area contributed by atoms with E-state index in [9.17, 15) is 9.00 Å². The molecule has 1 aliphatic heterocycles. The van der Waals surface area contributed by atoms with Gasteiger partial charge in [-0.2, -0.15) is 0 Å². The highest BCUT2D eigenvalue weighted by atomic mass is 32.2. The fourth-order valence-electron chi connectivity index (χ4n) is 5.72. The minimum atomic E-state index is -1.30. The van der Waals surface area contributed by atoms with Crippen molar-refractivity contribution in [1.82, 2.24) is 14.1 Å². The van der Waals surface area contributed by atoms with Crippen molar-refractivity contribution in [2.45, 2.75) is 70.2 Å². The van der Waals surface area contributed by atoms with Crippen molar-refractivity contribution >= 4 is 16.9 Å². The number of nitrogens with zero attached hydrogens (tertiary/aromatic N) is 3. The van der Waals surface area contributed by atoms with Gasteiger partial charge in [-0.05, 0) is 107 Å². The zero-order valence-corrected chi connectivity index (χ0v) is 24.1. The van der Waals surface area contributed by atoms with Crippen LogP contribution in [0.25, 0.3) is 0 Å². The van der Waals surface area contributed by atoms with Gasteiger partial charge in [0.25, 0.3) is 0 Å². The predicted molar refractivity (Wildman–Crippen MR) is 146 cm³/mol. The lowest BCUT2D eigenvalue weighted by molar-refractivity contribution is -0.138. The molecule has 2 aliphatic rings. The monoisotopic (exact) mass is 521 g/mol. The maximum Gasteiger partial charge on any atom is 0.248 e. The van der Waals surface area contributed by atoms with Crippen LogP contribution in [-0.4, -0.2) is 90.9 Å². The van der Waals surface area contributed by atoms with Crippen molar-refractivity contribution in [2.24, 2.45) is 11.8 Å². The highest BCUT2D eigenvalue weighted by Gasteiger charge is 2.30. The molecule has 204 valence electrons. The molecule has 1 aromatic carbocycles. The molecule has 1 amide bonds. The largest absolute Gasteiger partial charge is 0.497 e. The Balaban J connectivity index is 1.37. The number of hydrogen-bond acceptors (Lipinski definition) is 5. The first-order valence-corrected chi connectivity index (χ1v) is 14.7. The van der Waals surface area contributed by atoms with Crippen LogP contribution in [0.3, 0.4) is 0 Å². The van der Waals surface area contributed by atoms with Crippen LogP contribution in [0.4, 0.5) is 0 Å². The lowest BCUT2D eigenvalue weighted by Gasteiger charge is -2.37. The molecule has 2 atom stereocenters. The molecule has 36 heavy (non-hydrogen) atoms. The summed E-state index contributed by atoms with van der Waals surface area (Å²) >= 11 is 0. The molecule has 3 rings (SSSR count). The molecule has 0 bridgehead atoms. The molecule has 1 saturated heterocycles. The van der Waals surface area contributed by atoms with E-state index < -0.39 is 11.0 Å². The van der Waals surface area contributed by atoms with E-state index in [1.54, 1.807) is 11.4 Å². The molecule has 1 aromatic rings. The van der Waals surface area contributed by atoms with Crippen LogP contribution in [0, 0.1) is 25.7 Å². The first-order chi connectivity index (χ1) is 17.2. The van der Waals surface area contributed by atoms with E-state index in [-0.39, 0.29) is 18.6 Å². The summed E-state index contributed by atoms with van der Waals surface area (Å²) in [5, 5.41) is 0. The number of aryl methyl sites for hydroxylation is 2. The number of rotatable bonds is 12. The molecule has 0 aromatic heterocycles. The second kappa shape index (κ2) is 13.9. The summed E-state index contributed by atoms with van der Waals surface area (Å²) in [7, 11) is 4.06. The van der Waals surface area contributed by atoms with Gasteiger partial charge in [0, 0.05) is 33.2 Å². The maximum atomic E-state index is 13.1. The van der Waals surface area contributed by atoms with Gasteiger partial charge in [0.15, 0.2) is 0 Å². The molecule has 0 radical (unpaired) electrons. The maximum absolute atomic E-state index is 13.1. The summed E-state index contributed by atoms with van der Waals surface area (Å²) in [4.78, 5) is 18.1. The molecule has 1 heterocycles. The van der Waals surface area contributed by atoms with Crippen LogP contribution in [0.2, 0.25) is 0 Å². The van der Waals surface area contributed by atoms with Crippen molar-refractivity contribution in [2.75, 3.05) is 60.6 Å². The molecule has 1 aliphatic carbocycles. The highest BCUT2D eigenvalue weighted by Crippen LogP contribution is 2.33. The third-order valence-corrected chi connectivity index (χ3v) is 9.94. The van der Waals surface area contributed by atoms with Crippen LogP contribution < -0.4 is 4.74 Å². The van der Waals surface area contributed by atoms with Gasteiger partial charge in [-0.25, -0.2) is 8.51 Å². The van der Waals surface area contributed by atoms with Crippen molar-refractivity contribution in [1.29, 1.82) is 0 Å². The van der Waals surface area contributed by atoms with E-state index in [0.29, 0.717) is 19.1 Å². The van der Waals surface area contributed by atoms with E-state index in [0.717, 1.165) is 27.7 Å². The average molecular weight is 522 g/mol. The lowest BCUT2D eigenvalue weighted by Crippen LogP contribution is -2.43. The van der Waals surface area contributed by atoms with Crippen molar-refractivity contribution in [3.8, 4) is 5.75 Å². The number of ether oxygens (including phenoxy) is 2. The SMILES string of the molecule is COc1cc(C)c(S(=O)N(C)CCOCC(=O)N(C)C(C)C2CCC(CN3CCCC3)CC2)c(C)c1. The Bertz CT molecular complexity index is 859. The van der Waals surface area contributed by atoms with E-state index in [1.807, 2.05) is 45.0 Å². The molecule has 7 nitrogen and oxygen atoms in total. The minimum absolute atomic E-state index is 0.0207. The van der Waals surface area contributed by atoms with Crippen LogP contribution in [0.15, 0.2) is 17.0 Å². The van der Waals surface area contributed by atoms with Gasteiger partial charge in [-0.3, -0.25) is 4.79 Å². The zero-order valence-electron chi connectivity index (χ0n) is 23.3. The van der Waals surface area contributed by atoms with E-state index in [2.05, 4.69) is 11.8 Å². The number of amides is 1. The van der Waals surface area contributed by atoms with Crippen LogP contribution in [0.1, 0.15) is 56.6 Å². The number of carbonyl (C=O) groups is 1. The quantitative estimate of drug-likeness (QED) is 0.389. The van der Waals surface area contributed by atoms with E-state index >= 15 is 0 Å². The number of carbonyl (C=O) groups excluding carboxylic acids is 1. The molecule has 2 fully saturated rings. The summed E-state index contributed by atoms with van der Waals surface area (Å²) in [5.41, 5.74) is 1.88. The Hall–Kier alpha value is -1.48. The van der Waals surface area contributed by atoms with Crippen molar-refractivity contribution in [3.63, 3.8) is 0 Å². The lowest BCUT2D eigenvalue weighted by atomic mass is 9.78. The Labute approximate surface area is 221 Å². The van der Waals surface area contributed by atoms with Crippen molar-refractivity contribution < 1.29 is 18.5 Å². The summed E-state index contributed by atoms with van der Waals surface area (Å²) in [6.07, 6.45) is 7.69. The standard InChI is InChI=1S/C28H47N3O4S/c1-21-17-26(34-6)18-22(2)28(21)36(33)29(4)15-16-35-20-27(32)30(5)23(3)25-11-9-24(10-12-25)19-31-13-7-8-14-31/h17-18,23-25H,7-16,19-20H2,1-6H3. The van der Waals surface area contributed by atoms with Gasteiger partial charge in [-0.15, -0.1) is 0 Å². The topological polar surface area (TPSA) is 62.3 Å². The summed E-state index contributed by atoms with van der Waals surface area (Å²) in [6.45, 7) is 10.8. The Morgan fingerprint density at radius 3 is 2.31 bits per heavy atom. The molecule has 0 N–H and O–H groups in total. The average Bonchev–Trinajstić information content (AvgIpc) is 3.38. The molecular weight excluding hydrogens is 474 g/mol. The highest BCUT2D eigenvalue weighted by molar-refractivity contribution is 7.82. The molecule has 2 unspecified atom stereocenters. The van der Waals surface area contributed by atoms with Gasteiger partial charge in [0.2, 0.25) is 5.91 Å². The Kier molecular flexibility index (Phi) is 11.2. The van der Waals surface area contributed by atoms with E-state index in [4.69, 9.17) is 9.47 Å². The predicted octanol–water partition coefficient (Wildman–Crippen LogP) is 4.03. The van der Waals surface area contributed by atoms with Crippen LogP contribution in [0.5, 0.6) is 5.75 Å². The molecule has 1 saturated carbocycles. The number of likely N-dealkylation sites (N-methyl/N-ethyl adjacent to an activating group) is 2. The summed E-state index contributed by atoms with van der Waals surface area (Å²) in [5.74, 6) is 2.18. The molecule has 0 spiro atoms. The fraction of sp³-hybridized carbons (Fsp3) is 0.750. The number of methoxy groups -OCH3 is 1. The third-order valence-electron chi connectivity index (χ3n) is 8.20. The minimum Gasteiger partial charge on any atom is -0.497 e. The normalized spacial score (nSPS) is 22.5. The number of benzene rings is 1. The summed E-state index contributed by atoms with van der Waals surface area (Å²) in [6, 6.07) is 4.03. The number of hydrogen-bond donors (Lipinski definition) is 0. The van der Waals surface area contributed by atoms with Crippen LogP contribution in [-0.2, 0) is 20.5 Å². The second-order valence-electron chi connectivity index (χ2n) is 10.8. The Morgan fingerprint density at radius 2 is 1.72 bits per heavy atom. The molecular formula is C28H47N3O4S. The van der Waals surface area contributed by atoms with Gasteiger partial charge >= 0.3 is 0 Å². The summed E-state index contributed by atoms with van der Waals surface area (Å²) < 4.78 is 25.8. The zero-order chi connectivity index (χ0) is 26.2. The number of likely N-dealkylation sites (tertiary alicyclic amines) is 1. The smallest absolute Gasteiger partial charge is 0.248 e. The first-order valence-electron chi connectivity index (χ1n) is 13.5. The van der Waals surface area contributed by atoms with Gasteiger partial charge in [-0.1, -0.05) is 0 Å². The van der Waals surface area contributed by atoms with Crippen molar-refractivity contribution in [3.05, 3.63) is 23.3 Å². The first kappa shape index (κ1) is 29.1. The van der Waals surface area contributed by atoms with Crippen LogP contribution >= 0.6 is 0 Å². The second-order valence-corrected chi connectivity index (χ2v) is 12.3. The Morgan fingerprint density at radius 1 is 1.11 bits per heavy atom. The van der Waals surface area contributed by atoms with Gasteiger partial charge in [0.05, 0.1) is 18.6 Å². The fourth-order valence-corrected chi connectivity index (χ4v) is 6.94. The van der Waals surface area contributed by atoms with Gasteiger partial charge < -0.3 is 19.3 Å². The molecule has 8 heteroatoms. The van der Waals surface area contributed by atoms with Gasteiger partial charge in [0.1, 0.15) is 23.3 Å². The third kappa shape index (κ3) is 7.76.